The van der Waals surface area contributed by atoms with Gasteiger partial charge in [-0.3, -0.25) is 9.59 Å². The molecule has 2 amide bonds. The first-order valence-electron chi connectivity index (χ1n) is 8.70. The van der Waals surface area contributed by atoms with E-state index in [4.69, 9.17) is 0 Å². The number of hydrogen-bond donors (Lipinski definition) is 2. The average molecular weight is 357 g/mol. The van der Waals surface area contributed by atoms with E-state index in [0.29, 0.717) is 13.1 Å². The van der Waals surface area contributed by atoms with Crippen LogP contribution in [0.5, 0.6) is 0 Å². The first-order chi connectivity index (χ1) is 12.2. The molecule has 2 aromatic heterocycles. The standard InChI is InChI=1S/C19H27N5O2/c1-13-10-14(2)24(23-13)16-7-6-15(11-21-16)12-22-17(25)8-9-20-18(26)19(3,4)5/h6-7,10-11H,8-9,12H2,1-5H3,(H,20,26)(H,22,25). The molecule has 2 heterocycles. The Hall–Kier alpha value is -2.70. The fourth-order valence-corrected chi connectivity index (χ4v) is 2.35. The van der Waals surface area contributed by atoms with Crippen molar-refractivity contribution in [1.82, 2.24) is 25.4 Å². The van der Waals surface area contributed by atoms with Gasteiger partial charge in [0, 0.05) is 36.8 Å². The highest BCUT2D eigenvalue weighted by Crippen LogP contribution is 2.12. The second-order valence-electron chi connectivity index (χ2n) is 7.40. The summed E-state index contributed by atoms with van der Waals surface area (Å²) in [6.45, 7) is 10.2. The summed E-state index contributed by atoms with van der Waals surface area (Å²) in [5, 5.41) is 10.00. The van der Waals surface area contributed by atoms with Crippen LogP contribution in [-0.4, -0.2) is 33.1 Å². The summed E-state index contributed by atoms with van der Waals surface area (Å²) in [7, 11) is 0. The Morgan fingerprint density at radius 2 is 1.88 bits per heavy atom. The van der Waals surface area contributed by atoms with Gasteiger partial charge in [-0.15, -0.1) is 0 Å². The molecule has 0 saturated heterocycles. The SMILES string of the molecule is Cc1cc(C)n(-c2ccc(CNC(=O)CCNC(=O)C(C)(C)C)cn2)n1. The van der Waals surface area contributed by atoms with Crippen molar-refractivity contribution < 1.29 is 9.59 Å². The zero-order chi connectivity index (χ0) is 19.3. The van der Waals surface area contributed by atoms with Crippen LogP contribution in [0, 0.1) is 19.3 Å². The van der Waals surface area contributed by atoms with Gasteiger partial charge in [-0.25, -0.2) is 9.67 Å². The number of pyridine rings is 1. The minimum absolute atomic E-state index is 0.0609. The van der Waals surface area contributed by atoms with Gasteiger partial charge in [-0.2, -0.15) is 5.10 Å². The third-order valence-electron chi connectivity index (χ3n) is 3.84. The molecule has 0 spiro atoms. The highest BCUT2D eigenvalue weighted by Gasteiger charge is 2.20. The molecule has 0 saturated carbocycles. The molecule has 140 valence electrons. The lowest BCUT2D eigenvalue weighted by molar-refractivity contribution is -0.128. The maximum Gasteiger partial charge on any atom is 0.225 e. The molecule has 0 aliphatic rings. The lowest BCUT2D eigenvalue weighted by atomic mass is 9.96. The normalized spacial score (nSPS) is 11.3. The van der Waals surface area contributed by atoms with E-state index in [1.807, 2.05) is 52.8 Å². The summed E-state index contributed by atoms with van der Waals surface area (Å²) in [4.78, 5) is 28.0. The minimum Gasteiger partial charge on any atom is -0.355 e. The van der Waals surface area contributed by atoms with Crippen molar-refractivity contribution in [2.24, 2.45) is 5.41 Å². The highest BCUT2D eigenvalue weighted by molar-refractivity contribution is 5.82. The van der Waals surface area contributed by atoms with Crippen molar-refractivity contribution >= 4 is 11.8 Å². The molecule has 26 heavy (non-hydrogen) atoms. The predicted octanol–water partition coefficient (Wildman–Crippen LogP) is 2.05. The zero-order valence-electron chi connectivity index (χ0n) is 16.1. The molecule has 0 bridgehead atoms. The van der Waals surface area contributed by atoms with E-state index in [9.17, 15) is 9.59 Å². The van der Waals surface area contributed by atoms with Crippen molar-refractivity contribution in [2.45, 2.75) is 47.6 Å². The van der Waals surface area contributed by atoms with Crippen LogP contribution in [0.15, 0.2) is 24.4 Å². The molecule has 7 nitrogen and oxygen atoms in total. The van der Waals surface area contributed by atoms with E-state index >= 15 is 0 Å². The molecule has 0 radical (unpaired) electrons. The average Bonchev–Trinajstić information content (AvgIpc) is 2.91. The van der Waals surface area contributed by atoms with Gasteiger partial charge in [0.05, 0.1) is 5.69 Å². The topological polar surface area (TPSA) is 88.9 Å². The number of hydrogen-bond acceptors (Lipinski definition) is 4. The van der Waals surface area contributed by atoms with Crippen LogP contribution in [-0.2, 0) is 16.1 Å². The Kier molecular flexibility index (Phi) is 6.13. The molecule has 2 N–H and O–H groups in total. The van der Waals surface area contributed by atoms with Gasteiger partial charge in [0.2, 0.25) is 11.8 Å². The monoisotopic (exact) mass is 357 g/mol. The van der Waals surface area contributed by atoms with E-state index in [0.717, 1.165) is 22.8 Å². The molecule has 0 aliphatic heterocycles. The molecule has 0 aliphatic carbocycles. The van der Waals surface area contributed by atoms with Crippen LogP contribution in [0.25, 0.3) is 5.82 Å². The summed E-state index contributed by atoms with van der Waals surface area (Å²) in [5.74, 6) is 0.576. The number of carbonyl (C=O) groups excluding carboxylic acids is 2. The smallest absolute Gasteiger partial charge is 0.225 e. The summed E-state index contributed by atoms with van der Waals surface area (Å²) < 4.78 is 1.79. The summed E-state index contributed by atoms with van der Waals surface area (Å²) in [5.41, 5.74) is 2.42. The third-order valence-corrected chi connectivity index (χ3v) is 3.84. The van der Waals surface area contributed by atoms with Gasteiger partial charge in [-0.1, -0.05) is 26.8 Å². The Labute approximate surface area is 154 Å². The number of amides is 2. The molecule has 2 aromatic rings. The fourth-order valence-electron chi connectivity index (χ4n) is 2.35. The van der Waals surface area contributed by atoms with Crippen molar-refractivity contribution in [1.29, 1.82) is 0 Å². The Morgan fingerprint density at radius 1 is 1.15 bits per heavy atom. The second kappa shape index (κ2) is 8.12. The minimum atomic E-state index is -0.449. The van der Waals surface area contributed by atoms with Crippen molar-refractivity contribution in [2.75, 3.05) is 6.54 Å². The van der Waals surface area contributed by atoms with Gasteiger partial charge in [0.1, 0.15) is 0 Å². The number of carbonyl (C=O) groups is 2. The molecular weight excluding hydrogens is 330 g/mol. The van der Waals surface area contributed by atoms with Gasteiger partial charge in [-0.05, 0) is 31.5 Å². The number of rotatable bonds is 6. The molecule has 7 heteroatoms. The van der Waals surface area contributed by atoms with Crippen LogP contribution >= 0.6 is 0 Å². The van der Waals surface area contributed by atoms with Gasteiger partial charge >= 0.3 is 0 Å². The summed E-state index contributed by atoms with van der Waals surface area (Å²) in [6, 6.07) is 5.79. The van der Waals surface area contributed by atoms with Crippen molar-refractivity contribution in [3.05, 3.63) is 41.3 Å². The number of aryl methyl sites for hydroxylation is 2. The quantitative estimate of drug-likeness (QED) is 0.828. The van der Waals surface area contributed by atoms with Crippen molar-refractivity contribution in [3.8, 4) is 5.82 Å². The Bertz CT molecular complexity index is 772. The largest absolute Gasteiger partial charge is 0.355 e. The van der Waals surface area contributed by atoms with E-state index in [1.165, 1.54) is 0 Å². The molecule has 0 unspecified atom stereocenters. The molecular formula is C19H27N5O2. The molecule has 0 atom stereocenters. The highest BCUT2D eigenvalue weighted by atomic mass is 16.2. The zero-order valence-corrected chi connectivity index (χ0v) is 16.1. The number of nitrogens with one attached hydrogen (secondary N) is 2. The summed E-state index contributed by atoms with van der Waals surface area (Å²) >= 11 is 0. The first kappa shape index (κ1) is 19.6. The van der Waals surface area contributed by atoms with E-state index < -0.39 is 5.41 Å². The first-order valence-corrected chi connectivity index (χ1v) is 8.70. The van der Waals surface area contributed by atoms with E-state index in [2.05, 4.69) is 20.7 Å². The molecule has 0 aromatic carbocycles. The van der Waals surface area contributed by atoms with Gasteiger partial charge in [0.25, 0.3) is 0 Å². The van der Waals surface area contributed by atoms with Crippen LogP contribution in [0.3, 0.4) is 0 Å². The van der Waals surface area contributed by atoms with Crippen LogP contribution < -0.4 is 10.6 Å². The predicted molar refractivity (Wildman–Crippen MR) is 99.8 cm³/mol. The van der Waals surface area contributed by atoms with Crippen LogP contribution in [0.2, 0.25) is 0 Å². The number of nitrogens with zero attached hydrogens (tertiary/aromatic N) is 3. The number of aromatic nitrogens is 3. The summed E-state index contributed by atoms with van der Waals surface area (Å²) in [6.07, 6.45) is 1.98. The maximum absolute atomic E-state index is 11.9. The third kappa shape index (κ3) is 5.40. The van der Waals surface area contributed by atoms with Crippen molar-refractivity contribution in [3.63, 3.8) is 0 Å². The van der Waals surface area contributed by atoms with Crippen LogP contribution in [0.4, 0.5) is 0 Å². The maximum atomic E-state index is 11.9. The molecule has 0 fully saturated rings. The molecule has 2 rings (SSSR count). The lowest BCUT2D eigenvalue weighted by Gasteiger charge is -2.17. The van der Waals surface area contributed by atoms with E-state index in [-0.39, 0.29) is 18.2 Å². The lowest BCUT2D eigenvalue weighted by Crippen LogP contribution is -2.37. The van der Waals surface area contributed by atoms with Crippen LogP contribution in [0.1, 0.15) is 44.1 Å². The van der Waals surface area contributed by atoms with E-state index in [1.54, 1.807) is 10.9 Å². The Morgan fingerprint density at radius 3 is 2.42 bits per heavy atom. The van der Waals surface area contributed by atoms with Gasteiger partial charge in [0.15, 0.2) is 5.82 Å². The fraction of sp³-hybridized carbons (Fsp3) is 0.474. The second-order valence-corrected chi connectivity index (χ2v) is 7.40. The Balaban J connectivity index is 1.80. The van der Waals surface area contributed by atoms with Gasteiger partial charge < -0.3 is 10.6 Å².